The van der Waals surface area contributed by atoms with Gasteiger partial charge in [0.2, 0.25) is 0 Å². The van der Waals surface area contributed by atoms with Gasteiger partial charge in [0.15, 0.2) is 0 Å². The van der Waals surface area contributed by atoms with E-state index in [0.717, 1.165) is 12.8 Å². The molecule has 20 heavy (non-hydrogen) atoms. The molecule has 0 N–H and O–H groups in total. The van der Waals surface area contributed by atoms with Crippen molar-refractivity contribution in [1.29, 1.82) is 0 Å². The van der Waals surface area contributed by atoms with E-state index >= 15 is 0 Å². The molecule has 0 heteroatoms. The van der Waals surface area contributed by atoms with Crippen molar-refractivity contribution in [1.82, 2.24) is 0 Å². The lowest BCUT2D eigenvalue weighted by Crippen LogP contribution is -1.92. The van der Waals surface area contributed by atoms with Crippen LogP contribution in [0.3, 0.4) is 0 Å². The Balaban J connectivity index is 2.46. The Morgan fingerprint density at radius 2 is 1.95 bits per heavy atom. The third-order valence-electron chi connectivity index (χ3n) is 3.91. The molecule has 0 bridgehead atoms. The number of aryl methyl sites for hydroxylation is 1. The second-order valence-corrected chi connectivity index (χ2v) is 5.36. The Hall–Kier alpha value is -1.56. The number of allylic oxidation sites excluding steroid dienone is 5. The van der Waals surface area contributed by atoms with Crippen molar-refractivity contribution in [3.05, 3.63) is 71.8 Å². The molecule has 0 aliphatic carbocycles. The van der Waals surface area contributed by atoms with E-state index in [1.54, 1.807) is 0 Å². The molecule has 0 saturated carbocycles. The largest absolute Gasteiger partial charge is 0.0991 e. The zero-order chi connectivity index (χ0) is 14.8. The van der Waals surface area contributed by atoms with Gasteiger partial charge in [0.05, 0.1) is 0 Å². The minimum atomic E-state index is 0.669. The van der Waals surface area contributed by atoms with E-state index in [1.165, 1.54) is 29.5 Å². The Morgan fingerprint density at radius 3 is 2.50 bits per heavy atom. The normalized spacial score (nSPS) is 13.7. The summed E-state index contributed by atoms with van der Waals surface area (Å²) in [6.45, 7) is 10.3. The molecular weight excluding hydrogens is 240 g/mol. The third-order valence-corrected chi connectivity index (χ3v) is 3.91. The lowest BCUT2D eigenvalue weighted by Gasteiger charge is -2.10. The Labute approximate surface area is 124 Å². The second kappa shape index (κ2) is 9.36. The molecule has 0 radical (unpaired) electrons. The summed E-state index contributed by atoms with van der Waals surface area (Å²) in [6, 6.07) is 9.15. The molecule has 0 heterocycles. The zero-order valence-electron chi connectivity index (χ0n) is 13.2. The monoisotopic (exact) mass is 268 g/mol. The van der Waals surface area contributed by atoms with Gasteiger partial charge in [-0.3, -0.25) is 0 Å². The van der Waals surface area contributed by atoms with Crippen LogP contribution >= 0.6 is 0 Å². The van der Waals surface area contributed by atoms with Gasteiger partial charge in [0, 0.05) is 0 Å². The Kier molecular flexibility index (Phi) is 7.72. The smallest absolute Gasteiger partial charge is 0.0193 e. The highest BCUT2D eigenvalue weighted by molar-refractivity contribution is 5.26. The number of benzene rings is 1. The first-order valence-electron chi connectivity index (χ1n) is 7.74. The SMILES string of the molecule is C=C/C=C\C(=C/C)CCCc1ccc(C(C)CC)cc1. The molecule has 0 amide bonds. The van der Waals surface area contributed by atoms with Gasteiger partial charge in [-0.15, -0.1) is 0 Å². The molecule has 0 aliphatic rings. The molecule has 108 valence electrons. The average Bonchev–Trinajstić information content (AvgIpc) is 2.50. The highest BCUT2D eigenvalue weighted by atomic mass is 14.1. The summed E-state index contributed by atoms with van der Waals surface area (Å²) in [7, 11) is 0. The van der Waals surface area contributed by atoms with Gasteiger partial charge >= 0.3 is 0 Å². The first-order chi connectivity index (χ1) is 9.71. The number of hydrogen-bond acceptors (Lipinski definition) is 0. The average molecular weight is 268 g/mol. The third kappa shape index (κ3) is 5.61. The predicted octanol–water partition coefficient (Wildman–Crippen LogP) is 6.21. The molecule has 1 atom stereocenters. The Morgan fingerprint density at radius 1 is 1.25 bits per heavy atom. The summed E-state index contributed by atoms with van der Waals surface area (Å²) in [6.07, 6.45) is 12.9. The van der Waals surface area contributed by atoms with E-state index in [1.807, 2.05) is 12.2 Å². The summed E-state index contributed by atoms with van der Waals surface area (Å²) >= 11 is 0. The zero-order valence-corrected chi connectivity index (χ0v) is 13.2. The first-order valence-corrected chi connectivity index (χ1v) is 7.74. The standard InChI is InChI=1S/C20H28/c1-5-8-10-18(7-3)11-9-12-19-13-15-20(16-14-19)17(4)6-2/h5,7-8,10,13-17H,1,6,9,11-12H2,2-4H3/b10-8-,18-7+. The van der Waals surface area contributed by atoms with E-state index < -0.39 is 0 Å². The topological polar surface area (TPSA) is 0 Å². The van der Waals surface area contributed by atoms with Crippen molar-refractivity contribution < 1.29 is 0 Å². The van der Waals surface area contributed by atoms with E-state index in [2.05, 4.69) is 63.8 Å². The van der Waals surface area contributed by atoms with Crippen molar-refractivity contribution in [3.63, 3.8) is 0 Å². The van der Waals surface area contributed by atoms with Crippen LogP contribution in [0.15, 0.2) is 60.7 Å². The molecule has 1 aromatic rings. The number of rotatable bonds is 8. The van der Waals surface area contributed by atoms with Crippen LogP contribution in [0.5, 0.6) is 0 Å². The molecular formula is C20H28. The van der Waals surface area contributed by atoms with Crippen LogP contribution in [-0.4, -0.2) is 0 Å². The summed E-state index contributed by atoms with van der Waals surface area (Å²) < 4.78 is 0. The van der Waals surface area contributed by atoms with Crippen molar-refractivity contribution in [2.45, 2.75) is 52.4 Å². The molecule has 0 saturated heterocycles. The van der Waals surface area contributed by atoms with Crippen LogP contribution in [0.1, 0.15) is 57.1 Å². The van der Waals surface area contributed by atoms with Gasteiger partial charge in [-0.2, -0.15) is 0 Å². The molecule has 0 aliphatic heterocycles. The van der Waals surface area contributed by atoms with Crippen LogP contribution < -0.4 is 0 Å². The maximum Gasteiger partial charge on any atom is -0.0193 e. The summed E-state index contributed by atoms with van der Waals surface area (Å²) in [5.74, 6) is 0.669. The highest BCUT2D eigenvalue weighted by Crippen LogP contribution is 2.19. The van der Waals surface area contributed by atoms with E-state index in [-0.39, 0.29) is 0 Å². The minimum Gasteiger partial charge on any atom is -0.0991 e. The van der Waals surface area contributed by atoms with Gasteiger partial charge < -0.3 is 0 Å². The predicted molar refractivity (Wildman–Crippen MR) is 91.2 cm³/mol. The van der Waals surface area contributed by atoms with Crippen LogP contribution in [0.25, 0.3) is 0 Å². The van der Waals surface area contributed by atoms with E-state index in [9.17, 15) is 0 Å². The van der Waals surface area contributed by atoms with Gasteiger partial charge in [-0.05, 0) is 49.7 Å². The van der Waals surface area contributed by atoms with Crippen molar-refractivity contribution in [2.75, 3.05) is 0 Å². The molecule has 0 aromatic heterocycles. The molecule has 0 fully saturated rings. The van der Waals surface area contributed by atoms with Crippen molar-refractivity contribution in [3.8, 4) is 0 Å². The van der Waals surface area contributed by atoms with Gasteiger partial charge in [-0.25, -0.2) is 0 Å². The second-order valence-electron chi connectivity index (χ2n) is 5.36. The molecule has 1 rings (SSSR count). The summed E-state index contributed by atoms with van der Waals surface area (Å²) in [4.78, 5) is 0. The highest BCUT2D eigenvalue weighted by Gasteiger charge is 2.02. The molecule has 1 aromatic carbocycles. The van der Waals surface area contributed by atoms with Crippen molar-refractivity contribution in [2.24, 2.45) is 0 Å². The summed E-state index contributed by atoms with van der Waals surface area (Å²) in [5, 5.41) is 0. The lowest BCUT2D eigenvalue weighted by molar-refractivity contribution is 0.732. The van der Waals surface area contributed by atoms with Gasteiger partial charge in [-0.1, -0.05) is 74.6 Å². The quantitative estimate of drug-likeness (QED) is 0.491. The fourth-order valence-electron chi connectivity index (χ4n) is 2.26. The molecule has 0 nitrogen and oxygen atoms in total. The van der Waals surface area contributed by atoms with Crippen LogP contribution in [0, 0.1) is 0 Å². The van der Waals surface area contributed by atoms with Gasteiger partial charge in [0.25, 0.3) is 0 Å². The lowest BCUT2D eigenvalue weighted by atomic mass is 9.96. The van der Waals surface area contributed by atoms with E-state index in [0.29, 0.717) is 5.92 Å². The number of hydrogen-bond donors (Lipinski definition) is 0. The first kappa shape index (κ1) is 16.5. The van der Waals surface area contributed by atoms with Gasteiger partial charge in [0.1, 0.15) is 0 Å². The van der Waals surface area contributed by atoms with E-state index in [4.69, 9.17) is 0 Å². The minimum absolute atomic E-state index is 0.669. The van der Waals surface area contributed by atoms with Crippen LogP contribution in [-0.2, 0) is 6.42 Å². The fourth-order valence-corrected chi connectivity index (χ4v) is 2.26. The fraction of sp³-hybridized carbons (Fsp3) is 0.400. The van der Waals surface area contributed by atoms with Crippen LogP contribution in [0.2, 0.25) is 0 Å². The maximum absolute atomic E-state index is 3.71. The molecule has 0 spiro atoms. The molecule has 1 unspecified atom stereocenters. The maximum atomic E-state index is 3.71. The van der Waals surface area contributed by atoms with Crippen molar-refractivity contribution >= 4 is 0 Å². The van der Waals surface area contributed by atoms with Crippen LogP contribution in [0.4, 0.5) is 0 Å². The summed E-state index contributed by atoms with van der Waals surface area (Å²) in [5.41, 5.74) is 4.29. The Bertz CT molecular complexity index is 445.